The molecule has 1 aliphatic rings. The highest BCUT2D eigenvalue weighted by atomic mass is 16.5. The summed E-state index contributed by atoms with van der Waals surface area (Å²) in [6.45, 7) is 5.48. The maximum absolute atomic E-state index is 12.2. The van der Waals surface area contributed by atoms with Crippen molar-refractivity contribution in [2.75, 3.05) is 31.7 Å². The molecule has 6 heteroatoms. The number of benzene rings is 1. The highest BCUT2D eigenvalue weighted by molar-refractivity contribution is 5.96. The molecule has 1 aromatic rings. The average Bonchev–Trinajstić information content (AvgIpc) is 2.83. The fraction of sp³-hybridized carbons (Fsp3) is 0.500. The van der Waals surface area contributed by atoms with Gasteiger partial charge in [0.1, 0.15) is 0 Å². The quantitative estimate of drug-likeness (QED) is 0.807. The summed E-state index contributed by atoms with van der Waals surface area (Å²) in [4.78, 5) is 25.6. The molecule has 0 aromatic heterocycles. The summed E-state index contributed by atoms with van der Waals surface area (Å²) in [7, 11) is 1.58. The highest BCUT2D eigenvalue weighted by Gasteiger charge is 2.31. The maximum Gasteiger partial charge on any atom is 0.315 e. The van der Waals surface area contributed by atoms with Crippen molar-refractivity contribution in [1.29, 1.82) is 0 Å². The zero-order chi connectivity index (χ0) is 16.1. The van der Waals surface area contributed by atoms with Crippen LogP contribution in [-0.4, -0.2) is 44.8 Å². The molecule has 3 amide bonds. The van der Waals surface area contributed by atoms with Crippen molar-refractivity contribution in [3.63, 3.8) is 0 Å². The summed E-state index contributed by atoms with van der Waals surface area (Å²) in [6, 6.07) is 5.53. The summed E-state index contributed by atoms with van der Waals surface area (Å²) in [5, 5.41) is 5.52. The van der Waals surface area contributed by atoms with E-state index < -0.39 is 0 Å². The maximum atomic E-state index is 12.2. The Morgan fingerprint density at radius 2 is 2.14 bits per heavy atom. The number of ether oxygens (including phenoxy) is 1. The average molecular weight is 305 g/mol. The molecule has 1 fully saturated rings. The van der Waals surface area contributed by atoms with Crippen LogP contribution in [0.3, 0.4) is 0 Å². The third-order valence-electron chi connectivity index (χ3n) is 3.85. The van der Waals surface area contributed by atoms with Crippen molar-refractivity contribution < 1.29 is 14.3 Å². The van der Waals surface area contributed by atoms with Crippen LogP contribution in [0.15, 0.2) is 18.2 Å². The Kier molecular flexibility index (Phi) is 5.38. The van der Waals surface area contributed by atoms with Crippen LogP contribution < -0.4 is 15.5 Å². The molecule has 0 bridgehead atoms. The minimum Gasteiger partial charge on any atom is -0.383 e. The second-order valence-electron chi connectivity index (χ2n) is 5.57. The number of hydrogen-bond acceptors (Lipinski definition) is 3. The lowest BCUT2D eigenvalue weighted by Gasteiger charge is -2.18. The Labute approximate surface area is 130 Å². The molecule has 22 heavy (non-hydrogen) atoms. The number of amides is 3. The van der Waals surface area contributed by atoms with Crippen molar-refractivity contribution in [2.45, 2.75) is 26.3 Å². The number of urea groups is 1. The van der Waals surface area contributed by atoms with Crippen LogP contribution in [-0.2, 0) is 9.53 Å². The molecule has 0 aliphatic carbocycles. The van der Waals surface area contributed by atoms with E-state index in [-0.39, 0.29) is 18.0 Å². The van der Waals surface area contributed by atoms with E-state index in [1.807, 2.05) is 32.0 Å². The van der Waals surface area contributed by atoms with E-state index in [1.165, 1.54) is 5.56 Å². The standard InChI is InChI=1S/C16H23N3O3/c1-11-4-5-14(8-12(11)2)19-10-13(9-15(19)20)18-16(21)17-6-7-22-3/h4-5,8,13H,6-7,9-10H2,1-3H3,(H2,17,18,21). The Balaban J connectivity index is 1.93. The molecule has 2 N–H and O–H groups in total. The Morgan fingerprint density at radius 3 is 2.82 bits per heavy atom. The second-order valence-corrected chi connectivity index (χ2v) is 5.57. The first-order chi connectivity index (χ1) is 10.5. The van der Waals surface area contributed by atoms with Crippen LogP contribution in [0.2, 0.25) is 0 Å². The van der Waals surface area contributed by atoms with Crippen LogP contribution in [0.5, 0.6) is 0 Å². The Hall–Kier alpha value is -2.08. The summed E-state index contributed by atoms with van der Waals surface area (Å²) in [5.74, 6) is 0.0328. The highest BCUT2D eigenvalue weighted by Crippen LogP contribution is 2.23. The lowest BCUT2D eigenvalue weighted by atomic mass is 10.1. The van der Waals surface area contributed by atoms with Crippen molar-refractivity contribution in [2.24, 2.45) is 0 Å². The van der Waals surface area contributed by atoms with Gasteiger partial charge in [-0.05, 0) is 37.1 Å². The molecule has 2 rings (SSSR count). The van der Waals surface area contributed by atoms with Crippen LogP contribution in [0.4, 0.5) is 10.5 Å². The number of nitrogens with one attached hydrogen (secondary N) is 2. The molecule has 1 aliphatic heterocycles. The zero-order valence-corrected chi connectivity index (χ0v) is 13.3. The van der Waals surface area contributed by atoms with E-state index in [9.17, 15) is 9.59 Å². The van der Waals surface area contributed by atoms with Crippen molar-refractivity contribution in [1.82, 2.24) is 10.6 Å². The zero-order valence-electron chi connectivity index (χ0n) is 13.3. The SMILES string of the molecule is COCCNC(=O)NC1CC(=O)N(c2ccc(C)c(C)c2)C1. The topological polar surface area (TPSA) is 70.7 Å². The van der Waals surface area contributed by atoms with Gasteiger partial charge in [0.25, 0.3) is 0 Å². The Morgan fingerprint density at radius 1 is 1.36 bits per heavy atom. The first-order valence-corrected chi connectivity index (χ1v) is 7.42. The van der Waals surface area contributed by atoms with E-state index >= 15 is 0 Å². The summed E-state index contributed by atoms with van der Waals surface area (Å²) in [5.41, 5.74) is 3.24. The molecular weight excluding hydrogens is 282 g/mol. The number of aryl methyl sites for hydroxylation is 2. The number of hydrogen-bond donors (Lipinski definition) is 2. The third kappa shape index (κ3) is 3.98. The Bertz CT molecular complexity index is 560. The van der Waals surface area contributed by atoms with Crippen molar-refractivity contribution in [3.8, 4) is 0 Å². The van der Waals surface area contributed by atoms with Crippen molar-refractivity contribution in [3.05, 3.63) is 29.3 Å². The summed E-state index contributed by atoms with van der Waals surface area (Å²) < 4.78 is 4.87. The second kappa shape index (κ2) is 7.26. The number of nitrogens with zero attached hydrogens (tertiary/aromatic N) is 1. The molecule has 6 nitrogen and oxygen atoms in total. The largest absolute Gasteiger partial charge is 0.383 e. The van der Waals surface area contributed by atoms with Gasteiger partial charge >= 0.3 is 6.03 Å². The number of carbonyl (C=O) groups is 2. The van der Waals surface area contributed by atoms with Gasteiger partial charge < -0.3 is 20.3 Å². The van der Waals surface area contributed by atoms with Crippen molar-refractivity contribution >= 4 is 17.6 Å². The molecule has 1 atom stereocenters. The van der Waals surface area contributed by atoms with Gasteiger partial charge in [-0.15, -0.1) is 0 Å². The molecule has 120 valence electrons. The van der Waals surface area contributed by atoms with E-state index in [0.717, 1.165) is 11.3 Å². The fourth-order valence-corrected chi connectivity index (χ4v) is 2.45. The predicted octanol–water partition coefficient (Wildman–Crippen LogP) is 1.35. The number of rotatable bonds is 5. The van der Waals surface area contributed by atoms with Gasteiger partial charge in [0.2, 0.25) is 5.91 Å². The monoisotopic (exact) mass is 305 g/mol. The third-order valence-corrected chi connectivity index (χ3v) is 3.85. The molecule has 1 aromatic carbocycles. The molecule has 1 saturated heterocycles. The van der Waals surface area contributed by atoms with Gasteiger partial charge in [-0.3, -0.25) is 4.79 Å². The van der Waals surface area contributed by atoms with Gasteiger partial charge in [-0.2, -0.15) is 0 Å². The molecule has 0 spiro atoms. The van der Waals surface area contributed by atoms with Crippen LogP contribution in [0.1, 0.15) is 17.5 Å². The van der Waals surface area contributed by atoms with E-state index in [0.29, 0.717) is 26.1 Å². The van der Waals surface area contributed by atoms with E-state index in [1.54, 1.807) is 12.0 Å². The number of carbonyl (C=O) groups excluding carboxylic acids is 2. The minimum absolute atomic E-state index is 0.0328. The lowest BCUT2D eigenvalue weighted by Crippen LogP contribution is -2.44. The smallest absolute Gasteiger partial charge is 0.315 e. The van der Waals surface area contributed by atoms with E-state index in [2.05, 4.69) is 10.6 Å². The molecule has 0 saturated carbocycles. The van der Waals surface area contributed by atoms with Gasteiger partial charge in [-0.1, -0.05) is 6.07 Å². The summed E-state index contributed by atoms with van der Waals surface area (Å²) in [6.07, 6.45) is 0.324. The van der Waals surface area contributed by atoms with Gasteiger partial charge in [0, 0.05) is 32.3 Å². The van der Waals surface area contributed by atoms with Gasteiger partial charge in [-0.25, -0.2) is 4.79 Å². The van der Waals surface area contributed by atoms with E-state index in [4.69, 9.17) is 4.74 Å². The predicted molar refractivity (Wildman–Crippen MR) is 85.1 cm³/mol. The van der Waals surface area contributed by atoms with Gasteiger partial charge in [0.05, 0.1) is 12.6 Å². The minimum atomic E-state index is -0.267. The molecule has 1 heterocycles. The number of methoxy groups -OCH3 is 1. The molecule has 0 radical (unpaired) electrons. The van der Waals surface area contributed by atoms with Crippen LogP contribution in [0, 0.1) is 13.8 Å². The van der Waals surface area contributed by atoms with Crippen LogP contribution in [0.25, 0.3) is 0 Å². The normalized spacial score (nSPS) is 17.7. The number of anilines is 1. The molecule has 1 unspecified atom stereocenters. The van der Waals surface area contributed by atoms with Crippen LogP contribution >= 0.6 is 0 Å². The first-order valence-electron chi connectivity index (χ1n) is 7.42. The fourth-order valence-electron chi connectivity index (χ4n) is 2.45. The first kappa shape index (κ1) is 16.3. The van der Waals surface area contributed by atoms with Gasteiger partial charge in [0.15, 0.2) is 0 Å². The summed E-state index contributed by atoms with van der Waals surface area (Å²) >= 11 is 0. The lowest BCUT2D eigenvalue weighted by molar-refractivity contribution is -0.117. The molecular formula is C16H23N3O3.